The predicted octanol–water partition coefficient (Wildman–Crippen LogP) is 2.12. The van der Waals surface area contributed by atoms with Crippen molar-refractivity contribution in [2.75, 3.05) is 39.8 Å². The van der Waals surface area contributed by atoms with Crippen molar-refractivity contribution in [2.24, 2.45) is 0 Å². The van der Waals surface area contributed by atoms with E-state index in [2.05, 4.69) is 12.2 Å². The molecule has 1 aromatic rings. The summed E-state index contributed by atoms with van der Waals surface area (Å²) < 4.78 is 21.7. The van der Waals surface area contributed by atoms with Gasteiger partial charge in [-0.2, -0.15) is 0 Å². The van der Waals surface area contributed by atoms with Gasteiger partial charge in [0.05, 0.1) is 25.9 Å². The number of fused-ring (bicyclic) bond motifs is 1. The number of ether oxygens (including phenoxy) is 4. The van der Waals surface area contributed by atoms with E-state index in [9.17, 15) is 0 Å². The van der Waals surface area contributed by atoms with Crippen molar-refractivity contribution in [1.29, 1.82) is 0 Å². The smallest absolute Gasteiger partial charge is 0.231 e. The van der Waals surface area contributed by atoms with Gasteiger partial charge in [-0.25, -0.2) is 0 Å². The lowest BCUT2D eigenvalue weighted by Gasteiger charge is -2.19. The topological polar surface area (TPSA) is 49.0 Å². The highest BCUT2D eigenvalue weighted by molar-refractivity contribution is 5.45. The zero-order valence-corrected chi connectivity index (χ0v) is 12.2. The van der Waals surface area contributed by atoms with Gasteiger partial charge in [0, 0.05) is 6.61 Å². The lowest BCUT2D eigenvalue weighted by Crippen LogP contribution is -2.26. The summed E-state index contributed by atoms with van der Waals surface area (Å²) in [5.41, 5.74) is 1.15. The lowest BCUT2D eigenvalue weighted by molar-refractivity contribution is 0.0435. The van der Waals surface area contributed by atoms with E-state index in [1.807, 2.05) is 25.1 Å². The minimum atomic E-state index is 0.149. The molecule has 0 aromatic heterocycles. The van der Waals surface area contributed by atoms with Gasteiger partial charge in [-0.05, 0) is 31.2 Å². The molecular formula is C15H23NO4. The number of nitrogens with one attached hydrogen (secondary N) is 1. The molecule has 0 spiro atoms. The average molecular weight is 281 g/mol. The normalized spacial score (nSPS) is 14.5. The maximum Gasteiger partial charge on any atom is 0.231 e. The van der Waals surface area contributed by atoms with Crippen molar-refractivity contribution in [3.8, 4) is 11.5 Å². The molecule has 0 saturated heterocycles. The zero-order chi connectivity index (χ0) is 14.2. The van der Waals surface area contributed by atoms with Crippen LogP contribution in [0.3, 0.4) is 0 Å². The summed E-state index contributed by atoms with van der Waals surface area (Å²) in [4.78, 5) is 0. The molecule has 1 heterocycles. The first-order valence-electron chi connectivity index (χ1n) is 7.13. The maximum atomic E-state index is 5.66. The fraction of sp³-hybridized carbons (Fsp3) is 0.600. The van der Waals surface area contributed by atoms with Crippen LogP contribution in [0.15, 0.2) is 18.2 Å². The summed E-state index contributed by atoms with van der Waals surface area (Å²) in [5, 5.41) is 3.42. The second kappa shape index (κ2) is 8.09. The third-order valence-electron chi connectivity index (χ3n) is 3.11. The Morgan fingerprint density at radius 2 is 1.95 bits per heavy atom. The van der Waals surface area contributed by atoms with E-state index >= 15 is 0 Å². The number of hydrogen-bond donors (Lipinski definition) is 1. The van der Waals surface area contributed by atoms with Crippen LogP contribution in [-0.2, 0) is 9.47 Å². The molecule has 112 valence electrons. The third kappa shape index (κ3) is 4.10. The molecule has 0 saturated carbocycles. The first-order valence-corrected chi connectivity index (χ1v) is 7.13. The van der Waals surface area contributed by atoms with Crippen molar-refractivity contribution < 1.29 is 18.9 Å². The van der Waals surface area contributed by atoms with Crippen molar-refractivity contribution in [3.63, 3.8) is 0 Å². The number of hydrogen-bond acceptors (Lipinski definition) is 5. The summed E-state index contributed by atoms with van der Waals surface area (Å²) in [5.74, 6) is 1.61. The van der Waals surface area contributed by atoms with Gasteiger partial charge in [0.15, 0.2) is 11.5 Å². The Balaban J connectivity index is 1.90. The maximum absolute atomic E-state index is 5.66. The van der Waals surface area contributed by atoms with E-state index in [-0.39, 0.29) is 6.04 Å². The van der Waals surface area contributed by atoms with Gasteiger partial charge in [-0.15, -0.1) is 0 Å². The monoisotopic (exact) mass is 281 g/mol. The second-order valence-electron chi connectivity index (χ2n) is 4.49. The van der Waals surface area contributed by atoms with E-state index in [0.717, 1.165) is 30.2 Å². The molecule has 0 radical (unpaired) electrons. The lowest BCUT2D eigenvalue weighted by atomic mass is 10.1. The van der Waals surface area contributed by atoms with Crippen LogP contribution < -0.4 is 14.8 Å². The van der Waals surface area contributed by atoms with Gasteiger partial charge >= 0.3 is 0 Å². The Hall–Kier alpha value is -1.30. The van der Waals surface area contributed by atoms with E-state index in [4.69, 9.17) is 18.9 Å². The van der Waals surface area contributed by atoms with Crippen LogP contribution in [-0.4, -0.2) is 39.8 Å². The van der Waals surface area contributed by atoms with Crippen LogP contribution in [0.5, 0.6) is 11.5 Å². The van der Waals surface area contributed by atoms with Gasteiger partial charge in [-0.1, -0.05) is 13.0 Å². The Morgan fingerprint density at radius 1 is 1.15 bits per heavy atom. The minimum absolute atomic E-state index is 0.149. The van der Waals surface area contributed by atoms with Gasteiger partial charge in [-0.3, -0.25) is 0 Å². The molecule has 0 fully saturated rings. The number of benzene rings is 1. The molecule has 1 atom stereocenters. The van der Waals surface area contributed by atoms with Crippen molar-refractivity contribution in [3.05, 3.63) is 23.8 Å². The minimum Gasteiger partial charge on any atom is -0.454 e. The molecule has 1 aliphatic heterocycles. The van der Waals surface area contributed by atoms with Crippen LogP contribution in [0.2, 0.25) is 0 Å². The van der Waals surface area contributed by atoms with E-state index in [1.165, 1.54) is 0 Å². The van der Waals surface area contributed by atoms with Crippen LogP contribution in [0.4, 0.5) is 0 Å². The Kier molecular flexibility index (Phi) is 6.11. The number of rotatable bonds is 9. The molecule has 2 rings (SSSR count). The average Bonchev–Trinajstić information content (AvgIpc) is 2.93. The Morgan fingerprint density at radius 3 is 2.75 bits per heavy atom. The summed E-state index contributed by atoms with van der Waals surface area (Å²) in [6.45, 7) is 7.83. The van der Waals surface area contributed by atoms with Gasteiger partial charge in [0.2, 0.25) is 6.79 Å². The standard InChI is InChI=1S/C15H23NO4/c1-3-16-13(10-18-8-7-17-4-2)12-5-6-14-15(9-12)20-11-19-14/h5-6,9,13,16H,3-4,7-8,10-11H2,1-2H3. The van der Waals surface area contributed by atoms with Crippen molar-refractivity contribution in [1.82, 2.24) is 5.32 Å². The molecule has 1 aliphatic rings. The molecule has 20 heavy (non-hydrogen) atoms. The van der Waals surface area contributed by atoms with Crippen LogP contribution in [0, 0.1) is 0 Å². The summed E-state index contributed by atoms with van der Waals surface area (Å²) in [7, 11) is 0. The summed E-state index contributed by atoms with van der Waals surface area (Å²) in [6, 6.07) is 6.16. The molecular weight excluding hydrogens is 258 g/mol. The first-order chi connectivity index (χ1) is 9.85. The highest BCUT2D eigenvalue weighted by Crippen LogP contribution is 2.34. The van der Waals surface area contributed by atoms with Crippen molar-refractivity contribution in [2.45, 2.75) is 19.9 Å². The highest BCUT2D eigenvalue weighted by atomic mass is 16.7. The first kappa shape index (κ1) is 15.1. The Labute approximate surface area is 120 Å². The fourth-order valence-corrected chi connectivity index (χ4v) is 2.11. The SMILES string of the molecule is CCNC(COCCOCC)c1ccc2c(c1)OCO2. The Bertz CT molecular complexity index is 411. The summed E-state index contributed by atoms with van der Waals surface area (Å²) >= 11 is 0. The van der Waals surface area contributed by atoms with Crippen molar-refractivity contribution >= 4 is 0 Å². The summed E-state index contributed by atoms with van der Waals surface area (Å²) in [6.07, 6.45) is 0. The highest BCUT2D eigenvalue weighted by Gasteiger charge is 2.17. The van der Waals surface area contributed by atoms with Crippen LogP contribution >= 0.6 is 0 Å². The third-order valence-corrected chi connectivity index (χ3v) is 3.11. The van der Waals surface area contributed by atoms with E-state index < -0.39 is 0 Å². The quantitative estimate of drug-likeness (QED) is 0.703. The second-order valence-corrected chi connectivity index (χ2v) is 4.49. The van der Waals surface area contributed by atoms with Crippen LogP contribution in [0.1, 0.15) is 25.5 Å². The molecule has 0 aliphatic carbocycles. The molecule has 0 amide bonds. The number of likely N-dealkylation sites (N-methyl/N-ethyl adjacent to an activating group) is 1. The fourth-order valence-electron chi connectivity index (χ4n) is 2.11. The molecule has 5 heteroatoms. The van der Waals surface area contributed by atoms with E-state index in [0.29, 0.717) is 26.6 Å². The molecule has 5 nitrogen and oxygen atoms in total. The largest absolute Gasteiger partial charge is 0.454 e. The van der Waals surface area contributed by atoms with E-state index in [1.54, 1.807) is 0 Å². The molecule has 1 N–H and O–H groups in total. The zero-order valence-electron chi connectivity index (χ0n) is 12.2. The molecule has 0 bridgehead atoms. The predicted molar refractivity (Wildman–Crippen MR) is 76.3 cm³/mol. The molecule has 1 unspecified atom stereocenters. The van der Waals surface area contributed by atoms with Gasteiger partial charge < -0.3 is 24.3 Å². The molecule has 1 aromatic carbocycles. The van der Waals surface area contributed by atoms with Crippen LogP contribution in [0.25, 0.3) is 0 Å². The van der Waals surface area contributed by atoms with Gasteiger partial charge in [0.1, 0.15) is 0 Å². The van der Waals surface area contributed by atoms with Gasteiger partial charge in [0.25, 0.3) is 0 Å².